The van der Waals surface area contributed by atoms with E-state index in [0.29, 0.717) is 13.0 Å². The average Bonchev–Trinajstić information content (AvgIpc) is 2.49. The Morgan fingerprint density at radius 3 is 2.91 bits per heavy atom. The van der Waals surface area contributed by atoms with Crippen molar-refractivity contribution in [2.24, 2.45) is 16.3 Å². The van der Waals surface area contributed by atoms with Crippen LogP contribution in [0.4, 0.5) is 5.69 Å². The molecule has 2 rings (SSSR count). The summed E-state index contributed by atoms with van der Waals surface area (Å²) < 4.78 is 0. The molecule has 23 heavy (non-hydrogen) atoms. The van der Waals surface area contributed by atoms with Gasteiger partial charge < -0.3 is 10.4 Å². The number of fused-ring (bicyclic) bond motifs is 1. The van der Waals surface area contributed by atoms with Gasteiger partial charge in [-0.25, -0.2) is 0 Å². The van der Waals surface area contributed by atoms with E-state index in [-0.39, 0.29) is 5.41 Å². The fourth-order valence-corrected chi connectivity index (χ4v) is 2.74. The number of carbonyl (C=O) groups is 1. The minimum Gasteiger partial charge on any atom is -0.481 e. The van der Waals surface area contributed by atoms with Crippen molar-refractivity contribution in [3.8, 4) is 0 Å². The summed E-state index contributed by atoms with van der Waals surface area (Å²) in [5.74, 6) is -1.28. The quantitative estimate of drug-likeness (QED) is 0.775. The molecule has 0 saturated carbocycles. The summed E-state index contributed by atoms with van der Waals surface area (Å²) in [6.45, 7) is 7.94. The summed E-state index contributed by atoms with van der Waals surface area (Å²) in [7, 11) is 0. The zero-order valence-electron chi connectivity index (χ0n) is 14.4. The molecule has 0 saturated heterocycles. The molecule has 1 atom stereocenters. The van der Waals surface area contributed by atoms with Crippen LogP contribution in [0, 0.1) is 11.3 Å². The topological polar surface area (TPSA) is 61.7 Å². The third-order valence-electron chi connectivity index (χ3n) is 4.19. The van der Waals surface area contributed by atoms with Gasteiger partial charge in [0.05, 0.1) is 12.5 Å². The number of nitrogens with one attached hydrogen (secondary N) is 1. The Morgan fingerprint density at radius 1 is 1.43 bits per heavy atom. The van der Waals surface area contributed by atoms with E-state index in [1.54, 1.807) is 6.21 Å². The SMILES string of the molecule is CC(C)(C)CCC(C=NCc1ccc2c(c1)NCCC2)C(=O)O. The smallest absolute Gasteiger partial charge is 0.311 e. The lowest BCUT2D eigenvalue weighted by Gasteiger charge is -2.19. The second-order valence-electron chi connectivity index (χ2n) is 7.56. The van der Waals surface area contributed by atoms with Crippen LogP contribution in [0.25, 0.3) is 0 Å². The van der Waals surface area contributed by atoms with Gasteiger partial charge in [0.1, 0.15) is 0 Å². The van der Waals surface area contributed by atoms with Crippen molar-refractivity contribution in [1.82, 2.24) is 0 Å². The van der Waals surface area contributed by atoms with Crippen molar-refractivity contribution in [1.29, 1.82) is 0 Å². The van der Waals surface area contributed by atoms with Gasteiger partial charge in [-0.3, -0.25) is 9.79 Å². The Morgan fingerprint density at radius 2 is 2.22 bits per heavy atom. The fourth-order valence-electron chi connectivity index (χ4n) is 2.74. The monoisotopic (exact) mass is 316 g/mol. The first-order chi connectivity index (χ1) is 10.8. The zero-order valence-corrected chi connectivity index (χ0v) is 14.4. The third-order valence-corrected chi connectivity index (χ3v) is 4.19. The minimum atomic E-state index is -0.787. The standard InChI is InChI=1S/C19H28N2O2/c1-19(2,3)9-8-16(18(22)23)13-20-12-14-6-7-15-5-4-10-21-17(15)11-14/h6-7,11,13,16,21H,4-5,8-10,12H2,1-3H3,(H,22,23). The molecule has 1 aliphatic rings. The van der Waals surface area contributed by atoms with Crippen LogP contribution in [0.2, 0.25) is 0 Å². The zero-order chi connectivity index (χ0) is 16.9. The summed E-state index contributed by atoms with van der Waals surface area (Å²) in [6, 6.07) is 6.38. The van der Waals surface area contributed by atoms with Gasteiger partial charge in [0.15, 0.2) is 0 Å². The summed E-state index contributed by atoms with van der Waals surface area (Å²) in [5, 5.41) is 12.7. The Kier molecular flexibility index (Phi) is 5.80. The second-order valence-corrected chi connectivity index (χ2v) is 7.56. The number of carboxylic acids is 1. The minimum absolute atomic E-state index is 0.145. The van der Waals surface area contributed by atoms with Gasteiger partial charge in [0, 0.05) is 18.4 Å². The van der Waals surface area contributed by atoms with Crippen LogP contribution in [0.3, 0.4) is 0 Å². The third kappa shape index (κ3) is 5.70. The van der Waals surface area contributed by atoms with E-state index < -0.39 is 11.9 Å². The van der Waals surface area contributed by atoms with E-state index in [1.165, 1.54) is 17.7 Å². The van der Waals surface area contributed by atoms with E-state index in [9.17, 15) is 9.90 Å². The molecule has 1 unspecified atom stereocenters. The van der Waals surface area contributed by atoms with Gasteiger partial charge in [0.2, 0.25) is 0 Å². The van der Waals surface area contributed by atoms with Crippen molar-refractivity contribution in [3.05, 3.63) is 29.3 Å². The summed E-state index contributed by atoms with van der Waals surface area (Å²) in [5.41, 5.74) is 3.82. The average molecular weight is 316 g/mol. The van der Waals surface area contributed by atoms with Gasteiger partial charge in [-0.2, -0.15) is 0 Å². The number of carboxylic acid groups (broad SMARTS) is 1. The first kappa shape index (κ1) is 17.5. The lowest BCUT2D eigenvalue weighted by molar-refractivity contribution is -0.139. The first-order valence-electron chi connectivity index (χ1n) is 8.43. The Labute approximate surface area is 139 Å². The Bertz CT molecular complexity index is 573. The Balaban J connectivity index is 1.94. The molecular weight excluding hydrogens is 288 g/mol. The fraction of sp³-hybridized carbons (Fsp3) is 0.579. The van der Waals surface area contributed by atoms with E-state index in [4.69, 9.17) is 0 Å². The largest absolute Gasteiger partial charge is 0.481 e. The highest BCUT2D eigenvalue weighted by molar-refractivity contribution is 5.88. The van der Waals surface area contributed by atoms with Crippen LogP contribution >= 0.6 is 0 Å². The van der Waals surface area contributed by atoms with Gasteiger partial charge in [-0.1, -0.05) is 32.9 Å². The molecule has 4 nitrogen and oxygen atoms in total. The number of hydrogen-bond acceptors (Lipinski definition) is 3. The summed E-state index contributed by atoms with van der Waals surface area (Å²) in [4.78, 5) is 15.7. The highest BCUT2D eigenvalue weighted by Crippen LogP contribution is 2.24. The van der Waals surface area contributed by atoms with Gasteiger partial charge in [-0.05, 0) is 48.3 Å². The summed E-state index contributed by atoms with van der Waals surface area (Å²) in [6.07, 6.45) is 5.42. The number of nitrogens with zero attached hydrogens (tertiary/aromatic N) is 1. The van der Waals surface area contributed by atoms with Crippen molar-refractivity contribution in [2.45, 2.75) is 53.0 Å². The number of aliphatic imine (C=N–C) groups is 1. The second kappa shape index (κ2) is 7.62. The summed E-state index contributed by atoms with van der Waals surface area (Å²) >= 11 is 0. The first-order valence-corrected chi connectivity index (χ1v) is 8.43. The predicted molar refractivity (Wildman–Crippen MR) is 95.3 cm³/mol. The molecule has 0 fully saturated rings. The molecule has 0 spiro atoms. The molecule has 1 aromatic rings. The van der Waals surface area contributed by atoms with Crippen molar-refractivity contribution in [2.75, 3.05) is 11.9 Å². The maximum atomic E-state index is 11.3. The van der Waals surface area contributed by atoms with E-state index in [0.717, 1.165) is 24.9 Å². The van der Waals surface area contributed by atoms with Crippen molar-refractivity contribution in [3.63, 3.8) is 0 Å². The van der Waals surface area contributed by atoms with Crippen LogP contribution in [0.1, 0.15) is 51.2 Å². The number of rotatable bonds is 6. The molecule has 2 N–H and O–H groups in total. The van der Waals surface area contributed by atoms with E-state index in [1.807, 2.05) is 0 Å². The van der Waals surface area contributed by atoms with Crippen molar-refractivity contribution >= 4 is 17.9 Å². The molecule has 0 aliphatic carbocycles. The normalized spacial score (nSPS) is 16.0. The highest BCUT2D eigenvalue weighted by atomic mass is 16.4. The maximum absolute atomic E-state index is 11.3. The van der Waals surface area contributed by atoms with Crippen LogP contribution in [-0.2, 0) is 17.8 Å². The molecule has 0 aromatic heterocycles. The Hall–Kier alpha value is -1.84. The number of aryl methyl sites for hydroxylation is 1. The molecule has 126 valence electrons. The number of aliphatic carboxylic acids is 1. The molecule has 1 aliphatic heterocycles. The molecule has 4 heteroatoms. The van der Waals surface area contributed by atoms with Crippen LogP contribution < -0.4 is 5.32 Å². The highest BCUT2D eigenvalue weighted by Gasteiger charge is 2.19. The van der Waals surface area contributed by atoms with E-state index >= 15 is 0 Å². The maximum Gasteiger partial charge on any atom is 0.311 e. The van der Waals surface area contributed by atoms with Gasteiger partial charge >= 0.3 is 5.97 Å². The lowest BCUT2D eigenvalue weighted by Crippen LogP contribution is -2.18. The number of hydrogen-bond donors (Lipinski definition) is 2. The molecule has 0 amide bonds. The van der Waals surface area contributed by atoms with Crippen LogP contribution in [-0.4, -0.2) is 23.8 Å². The molecule has 0 radical (unpaired) electrons. The molecule has 1 heterocycles. The predicted octanol–water partition coefficient (Wildman–Crippen LogP) is 4.14. The molecule has 1 aromatic carbocycles. The van der Waals surface area contributed by atoms with Gasteiger partial charge in [-0.15, -0.1) is 0 Å². The van der Waals surface area contributed by atoms with Crippen LogP contribution in [0.15, 0.2) is 23.2 Å². The number of benzene rings is 1. The van der Waals surface area contributed by atoms with Crippen LogP contribution in [0.5, 0.6) is 0 Å². The van der Waals surface area contributed by atoms with E-state index in [2.05, 4.69) is 49.3 Å². The van der Waals surface area contributed by atoms with Crippen molar-refractivity contribution < 1.29 is 9.90 Å². The molecule has 0 bridgehead atoms. The number of anilines is 1. The molecular formula is C19H28N2O2. The van der Waals surface area contributed by atoms with Gasteiger partial charge in [0.25, 0.3) is 0 Å². The lowest BCUT2D eigenvalue weighted by atomic mass is 9.87.